The number of methoxy groups -OCH3 is 2. The van der Waals surface area contributed by atoms with E-state index in [1.807, 2.05) is 23.9 Å². The third-order valence-electron chi connectivity index (χ3n) is 3.63. The Labute approximate surface area is 135 Å². The maximum absolute atomic E-state index is 11.3. The number of rotatable bonds is 6. The van der Waals surface area contributed by atoms with Crippen LogP contribution in [0.25, 0.3) is 0 Å². The van der Waals surface area contributed by atoms with Crippen LogP contribution in [-0.4, -0.2) is 36.4 Å². The molecular formula is C16H22O3S2. The first kappa shape index (κ1) is 16.6. The fourth-order valence-electron chi connectivity index (χ4n) is 2.45. The van der Waals surface area contributed by atoms with Crippen molar-refractivity contribution in [3.05, 3.63) is 24.3 Å². The van der Waals surface area contributed by atoms with Crippen molar-refractivity contribution >= 4 is 29.5 Å². The van der Waals surface area contributed by atoms with Crippen LogP contribution in [0.1, 0.15) is 25.7 Å². The lowest BCUT2D eigenvalue weighted by atomic mass is 10.00. The molecule has 5 heteroatoms. The van der Waals surface area contributed by atoms with Crippen molar-refractivity contribution in [1.82, 2.24) is 0 Å². The molecule has 0 aromatic heterocycles. The second-order valence-corrected chi connectivity index (χ2v) is 7.58. The van der Waals surface area contributed by atoms with Gasteiger partial charge in [0.2, 0.25) is 0 Å². The first-order valence-corrected chi connectivity index (χ1v) is 9.15. The minimum atomic E-state index is -0.126. The average molecular weight is 326 g/mol. The second kappa shape index (κ2) is 8.59. The van der Waals surface area contributed by atoms with Gasteiger partial charge in [-0.2, -0.15) is 0 Å². The molecule has 0 amide bonds. The Morgan fingerprint density at radius 3 is 2.43 bits per heavy atom. The van der Waals surface area contributed by atoms with Gasteiger partial charge in [-0.15, -0.1) is 23.5 Å². The first-order valence-electron chi connectivity index (χ1n) is 7.22. The number of carbonyl (C=O) groups is 1. The van der Waals surface area contributed by atoms with Crippen LogP contribution in [-0.2, 0) is 9.53 Å². The molecule has 2 unspecified atom stereocenters. The zero-order valence-corrected chi connectivity index (χ0v) is 14.2. The zero-order valence-electron chi connectivity index (χ0n) is 12.5. The predicted molar refractivity (Wildman–Crippen MR) is 89.4 cm³/mol. The SMILES string of the molecule is COC(=O)CSC1CCCCC1Sc1ccc(OC)cc1. The highest BCUT2D eigenvalue weighted by Crippen LogP contribution is 2.39. The molecule has 2 rings (SSSR count). The van der Waals surface area contributed by atoms with Gasteiger partial charge in [0.05, 0.1) is 20.0 Å². The molecular weight excluding hydrogens is 304 g/mol. The molecule has 2 atom stereocenters. The first-order chi connectivity index (χ1) is 10.2. The number of hydrogen-bond donors (Lipinski definition) is 0. The maximum Gasteiger partial charge on any atom is 0.315 e. The summed E-state index contributed by atoms with van der Waals surface area (Å²) in [4.78, 5) is 12.6. The highest BCUT2D eigenvalue weighted by Gasteiger charge is 2.27. The van der Waals surface area contributed by atoms with E-state index in [2.05, 4.69) is 12.1 Å². The van der Waals surface area contributed by atoms with E-state index in [9.17, 15) is 4.79 Å². The van der Waals surface area contributed by atoms with E-state index in [-0.39, 0.29) is 5.97 Å². The lowest BCUT2D eigenvalue weighted by Gasteiger charge is -2.30. The summed E-state index contributed by atoms with van der Waals surface area (Å²) in [6.07, 6.45) is 4.95. The molecule has 0 aliphatic heterocycles. The van der Waals surface area contributed by atoms with Crippen molar-refractivity contribution in [1.29, 1.82) is 0 Å². The normalized spacial score (nSPS) is 21.8. The summed E-state index contributed by atoms with van der Waals surface area (Å²) in [6, 6.07) is 8.23. The van der Waals surface area contributed by atoms with E-state index in [1.165, 1.54) is 37.7 Å². The molecule has 1 aromatic carbocycles. The number of benzene rings is 1. The predicted octanol–water partition coefficient (Wildman–Crippen LogP) is 4.00. The van der Waals surface area contributed by atoms with Crippen LogP contribution in [0, 0.1) is 0 Å². The molecule has 3 nitrogen and oxygen atoms in total. The minimum absolute atomic E-state index is 0.126. The van der Waals surface area contributed by atoms with Gasteiger partial charge in [-0.25, -0.2) is 0 Å². The van der Waals surface area contributed by atoms with Gasteiger partial charge in [0.15, 0.2) is 0 Å². The molecule has 0 N–H and O–H groups in total. The monoisotopic (exact) mass is 326 g/mol. The van der Waals surface area contributed by atoms with Crippen LogP contribution >= 0.6 is 23.5 Å². The Kier molecular flexibility index (Phi) is 6.77. The Morgan fingerprint density at radius 2 is 1.81 bits per heavy atom. The molecule has 1 saturated carbocycles. The van der Waals surface area contributed by atoms with Crippen LogP contribution in [0.3, 0.4) is 0 Å². The summed E-state index contributed by atoms with van der Waals surface area (Å²) in [5.41, 5.74) is 0. The van der Waals surface area contributed by atoms with Crippen molar-refractivity contribution in [3.8, 4) is 5.75 Å². The van der Waals surface area contributed by atoms with Gasteiger partial charge in [0.25, 0.3) is 0 Å². The number of ether oxygens (including phenoxy) is 2. The van der Waals surface area contributed by atoms with Crippen LogP contribution in [0.5, 0.6) is 5.75 Å². The van der Waals surface area contributed by atoms with E-state index in [1.54, 1.807) is 18.9 Å². The Hall–Kier alpha value is -0.810. The lowest BCUT2D eigenvalue weighted by Crippen LogP contribution is -2.25. The van der Waals surface area contributed by atoms with Crippen molar-refractivity contribution in [2.45, 2.75) is 41.1 Å². The topological polar surface area (TPSA) is 35.5 Å². The van der Waals surface area contributed by atoms with Crippen LogP contribution in [0.15, 0.2) is 29.2 Å². The highest BCUT2D eigenvalue weighted by atomic mass is 32.2. The largest absolute Gasteiger partial charge is 0.497 e. The van der Waals surface area contributed by atoms with Gasteiger partial charge >= 0.3 is 5.97 Å². The van der Waals surface area contributed by atoms with E-state index in [4.69, 9.17) is 9.47 Å². The smallest absolute Gasteiger partial charge is 0.315 e. The van der Waals surface area contributed by atoms with Crippen molar-refractivity contribution in [3.63, 3.8) is 0 Å². The van der Waals surface area contributed by atoms with Gasteiger partial charge in [-0.1, -0.05) is 12.8 Å². The number of carbonyl (C=O) groups excluding carboxylic acids is 1. The molecule has 1 aliphatic carbocycles. The Morgan fingerprint density at radius 1 is 1.14 bits per heavy atom. The highest BCUT2D eigenvalue weighted by molar-refractivity contribution is 8.04. The van der Waals surface area contributed by atoms with Gasteiger partial charge < -0.3 is 9.47 Å². The van der Waals surface area contributed by atoms with Crippen molar-refractivity contribution < 1.29 is 14.3 Å². The maximum atomic E-state index is 11.3. The number of hydrogen-bond acceptors (Lipinski definition) is 5. The molecule has 1 fully saturated rings. The Bertz CT molecular complexity index is 447. The molecule has 21 heavy (non-hydrogen) atoms. The van der Waals surface area contributed by atoms with Crippen molar-refractivity contribution in [2.75, 3.05) is 20.0 Å². The number of esters is 1. The number of thioether (sulfide) groups is 2. The quantitative estimate of drug-likeness (QED) is 0.738. The van der Waals surface area contributed by atoms with E-state index in [0.717, 1.165) is 5.75 Å². The molecule has 0 bridgehead atoms. The van der Waals surface area contributed by atoms with Gasteiger partial charge in [0, 0.05) is 15.4 Å². The molecule has 1 aromatic rings. The minimum Gasteiger partial charge on any atom is -0.497 e. The molecule has 0 radical (unpaired) electrons. The van der Waals surface area contributed by atoms with Crippen LogP contribution < -0.4 is 4.74 Å². The summed E-state index contributed by atoms with van der Waals surface area (Å²) in [5, 5.41) is 1.10. The average Bonchev–Trinajstić information content (AvgIpc) is 2.54. The summed E-state index contributed by atoms with van der Waals surface area (Å²) >= 11 is 3.67. The summed E-state index contributed by atoms with van der Waals surface area (Å²) in [7, 11) is 3.14. The van der Waals surface area contributed by atoms with Crippen molar-refractivity contribution in [2.24, 2.45) is 0 Å². The summed E-state index contributed by atoms with van der Waals surface area (Å²) < 4.78 is 9.93. The lowest BCUT2D eigenvalue weighted by molar-refractivity contribution is -0.137. The van der Waals surface area contributed by atoms with Crippen LogP contribution in [0.2, 0.25) is 0 Å². The van der Waals surface area contributed by atoms with Crippen LogP contribution in [0.4, 0.5) is 0 Å². The molecule has 116 valence electrons. The third-order valence-corrected chi connectivity index (χ3v) is 6.61. The van der Waals surface area contributed by atoms with E-state index < -0.39 is 0 Å². The zero-order chi connectivity index (χ0) is 15.1. The fourth-order valence-corrected chi connectivity index (χ4v) is 5.22. The van der Waals surface area contributed by atoms with Gasteiger partial charge in [-0.05, 0) is 37.1 Å². The van der Waals surface area contributed by atoms with E-state index >= 15 is 0 Å². The summed E-state index contributed by atoms with van der Waals surface area (Å²) in [6.45, 7) is 0. The molecule has 0 spiro atoms. The standard InChI is InChI=1S/C16H22O3S2/c1-18-12-7-9-13(10-8-12)21-15-6-4-3-5-14(15)20-11-16(17)19-2/h7-10,14-15H,3-6,11H2,1-2H3. The third kappa shape index (κ3) is 5.15. The fraction of sp³-hybridized carbons (Fsp3) is 0.562. The van der Waals surface area contributed by atoms with Gasteiger partial charge in [-0.3, -0.25) is 4.79 Å². The second-order valence-electron chi connectivity index (χ2n) is 5.04. The Balaban J connectivity index is 1.92. The van der Waals surface area contributed by atoms with Gasteiger partial charge in [0.1, 0.15) is 5.75 Å². The molecule has 0 saturated heterocycles. The molecule has 0 heterocycles. The van der Waals surface area contributed by atoms with E-state index in [0.29, 0.717) is 16.3 Å². The summed E-state index contributed by atoms with van der Waals surface area (Å²) in [5.74, 6) is 1.22. The molecule has 1 aliphatic rings.